The van der Waals surface area contributed by atoms with Crippen LogP contribution in [0.25, 0.3) is 0 Å². The molecule has 0 spiro atoms. The normalized spacial score (nSPS) is 10.3. The minimum atomic E-state index is -0.647. The minimum absolute atomic E-state index is 0.0439. The smallest absolute Gasteiger partial charge is 0.257 e. The Morgan fingerprint density at radius 3 is 2.47 bits per heavy atom. The lowest BCUT2D eigenvalue weighted by Crippen LogP contribution is -2.13. The number of carbonyl (C=O) groups is 1. The fourth-order valence-corrected chi connectivity index (χ4v) is 1.88. The first-order valence-corrected chi connectivity index (χ1v) is 5.94. The second kappa shape index (κ2) is 5.55. The topological polar surface area (TPSA) is 29.1 Å². The number of rotatable bonds is 2. The Balaban J connectivity index is 2.28. The SMILES string of the molecule is O=C(Nc1cc(Cl)ccc1F)c1ccc(F)cc1Cl. The van der Waals surface area contributed by atoms with Gasteiger partial charge in [0.15, 0.2) is 0 Å². The first kappa shape index (κ1) is 13.8. The van der Waals surface area contributed by atoms with Gasteiger partial charge in [0.25, 0.3) is 5.91 Å². The van der Waals surface area contributed by atoms with Gasteiger partial charge in [-0.25, -0.2) is 8.78 Å². The number of amides is 1. The first-order valence-electron chi connectivity index (χ1n) is 5.19. The molecule has 0 fully saturated rings. The number of anilines is 1. The monoisotopic (exact) mass is 301 g/mol. The maximum Gasteiger partial charge on any atom is 0.257 e. The molecule has 0 aliphatic rings. The molecule has 0 radical (unpaired) electrons. The predicted octanol–water partition coefficient (Wildman–Crippen LogP) is 4.52. The average Bonchev–Trinajstić information content (AvgIpc) is 2.33. The molecule has 0 heterocycles. The van der Waals surface area contributed by atoms with Gasteiger partial charge in [0.1, 0.15) is 11.6 Å². The van der Waals surface area contributed by atoms with Crippen molar-refractivity contribution >= 4 is 34.8 Å². The molecule has 2 aromatic carbocycles. The van der Waals surface area contributed by atoms with Crippen LogP contribution in [0.15, 0.2) is 36.4 Å². The van der Waals surface area contributed by atoms with Gasteiger partial charge >= 0.3 is 0 Å². The van der Waals surface area contributed by atoms with E-state index in [2.05, 4.69) is 5.32 Å². The van der Waals surface area contributed by atoms with Gasteiger partial charge in [0.2, 0.25) is 0 Å². The molecule has 0 saturated carbocycles. The highest BCUT2D eigenvalue weighted by Gasteiger charge is 2.13. The molecule has 0 aliphatic carbocycles. The number of benzene rings is 2. The fraction of sp³-hybridized carbons (Fsp3) is 0. The van der Waals surface area contributed by atoms with Crippen molar-refractivity contribution in [2.24, 2.45) is 0 Å². The van der Waals surface area contributed by atoms with Crippen LogP contribution in [0.1, 0.15) is 10.4 Å². The summed E-state index contributed by atoms with van der Waals surface area (Å²) in [5.41, 5.74) is -0.0275. The van der Waals surface area contributed by atoms with E-state index in [1.807, 2.05) is 0 Å². The zero-order valence-corrected chi connectivity index (χ0v) is 10.9. The van der Waals surface area contributed by atoms with Gasteiger partial charge in [-0.2, -0.15) is 0 Å². The summed E-state index contributed by atoms with van der Waals surface area (Å²) in [7, 11) is 0. The Kier molecular flexibility index (Phi) is 4.02. The summed E-state index contributed by atoms with van der Waals surface area (Å²) in [5, 5.41) is 2.55. The fourth-order valence-electron chi connectivity index (χ4n) is 1.46. The zero-order chi connectivity index (χ0) is 14.0. The zero-order valence-electron chi connectivity index (χ0n) is 9.38. The molecule has 0 saturated heterocycles. The highest BCUT2D eigenvalue weighted by Crippen LogP contribution is 2.22. The molecule has 1 amide bonds. The Morgan fingerprint density at radius 2 is 1.79 bits per heavy atom. The van der Waals surface area contributed by atoms with Crippen molar-refractivity contribution < 1.29 is 13.6 Å². The van der Waals surface area contributed by atoms with Gasteiger partial charge in [-0.05, 0) is 36.4 Å². The highest BCUT2D eigenvalue weighted by molar-refractivity contribution is 6.34. The number of halogens is 4. The van der Waals surface area contributed by atoms with E-state index >= 15 is 0 Å². The van der Waals surface area contributed by atoms with Gasteiger partial charge in [-0.1, -0.05) is 23.2 Å². The summed E-state index contributed by atoms with van der Waals surface area (Å²) in [4.78, 5) is 11.9. The van der Waals surface area contributed by atoms with Crippen molar-refractivity contribution in [3.63, 3.8) is 0 Å². The summed E-state index contributed by atoms with van der Waals surface area (Å²) < 4.78 is 26.3. The molecule has 1 N–H and O–H groups in total. The van der Waals surface area contributed by atoms with E-state index in [9.17, 15) is 13.6 Å². The van der Waals surface area contributed by atoms with Crippen LogP contribution in [-0.2, 0) is 0 Å². The van der Waals surface area contributed by atoms with E-state index in [0.29, 0.717) is 0 Å². The predicted molar refractivity (Wildman–Crippen MR) is 70.8 cm³/mol. The molecule has 0 unspecified atom stereocenters. The molecule has 0 aliphatic heterocycles. The lowest BCUT2D eigenvalue weighted by Gasteiger charge is -2.08. The molecule has 2 nitrogen and oxygen atoms in total. The molecular formula is C13H7Cl2F2NO. The molecule has 19 heavy (non-hydrogen) atoms. The van der Waals surface area contributed by atoms with Crippen molar-refractivity contribution in [2.45, 2.75) is 0 Å². The average molecular weight is 302 g/mol. The van der Waals surface area contributed by atoms with Crippen molar-refractivity contribution in [1.29, 1.82) is 0 Å². The molecule has 6 heteroatoms. The Hall–Kier alpha value is -1.65. The number of carbonyl (C=O) groups excluding carboxylic acids is 1. The number of nitrogens with one attached hydrogen (secondary N) is 1. The van der Waals surface area contributed by atoms with Crippen LogP contribution in [0.3, 0.4) is 0 Å². The number of hydrogen-bond acceptors (Lipinski definition) is 1. The lowest BCUT2D eigenvalue weighted by molar-refractivity contribution is 0.102. The van der Waals surface area contributed by atoms with E-state index in [0.717, 1.165) is 18.2 Å². The van der Waals surface area contributed by atoms with E-state index in [1.165, 1.54) is 18.2 Å². The quantitative estimate of drug-likeness (QED) is 0.868. The molecule has 2 rings (SSSR count). The molecule has 2 aromatic rings. The maximum atomic E-state index is 13.4. The van der Waals surface area contributed by atoms with Gasteiger partial charge in [0.05, 0.1) is 16.3 Å². The van der Waals surface area contributed by atoms with E-state index in [-0.39, 0.29) is 21.3 Å². The maximum absolute atomic E-state index is 13.4. The van der Waals surface area contributed by atoms with E-state index in [4.69, 9.17) is 23.2 Å². The highest BCUT2D eigenvalue weighted by atomic mass is 35.5. The van der Waals surface area contributed by atoms with E-state index < -0.39 is 17.5 Å². The van der Waals surface area contributed by atoms with Crippen LogP contribution in [0.2, 0.25) is 10.0 Å². The molecular weight excluding hydrogens is 295 g/mol. The van der Waals surface area contributed by atoms with Crippen LogP contribution in [-0.4, -0.2) is 5.91 Å². The van der Waals surface area contributed by atoms with Gasteiger partial charge < -0.3 is 5.32 Å². The molecule has 0 atom stereocenters. The van der Waals surface area contributed by atoms with Gasteiger partial charge in [-0.15, -0.1) is 0 Å². The summed E-state index contributed by atoms with van der Waals surface area (Å²) in [6, 6.07) is 7.07. The molecule has 0 aromatic heterocycles. The molecule has 0 bridgehead atoms. The minimum Gasteiger partial charge on any atom is -0.319 e. The summed E-state index contributed by atoms with van der Waals surface area (Å²) in [6.45, 7) is 0. The largest absolute Gasteiger partial charge is 0.319 e. The Labute approximate surface area is 118 Å². The standard InChI is InChI=1S/C13H7Cl2F2NO/c14-7-1-4-11(17)12(5-7)18-13(19)9-3-2-8(16)6-10(9)15/h1-6H,(H,18,19). The van der Waals surface area contributed by atoms with Crippen LogP contribution < -0.4 is 5.32 Å². The van der Waals surface area contributed by atoms with Crippen LogP contribution >= 0.6 is 23.2 Å². The van der Waals surface area contributed by atoms with Crippen LogP contribution in [0.4, 0.5) is 14.5 Å². The third kappa shape index (κ3) is 3.22. The first-order chi connectivity index (χ1) is 8.97. The second-order valence-electron chi connectivity index (χ2n) is 3.70. The van der Waals surface area contributed by atoms with Gasteiger partial charge in [-0.3, -0.25) is 4.79 Å². The van der Waals surface area contributed by atoms with Crippen molar-refractivity contribution in [2.75, 3.05) is 5.32 Å². The van der Waals surface area contributed by atoms with Gasteiger partial charge in [0, 0.05) is 5.02 Å². The van der Waals surface area contributed by atoms with Crippen LogP contribution in [0.5, 0.6) is 0 Å². The van der Waals surface area contributed by atoms with Crippen LogP contribution in [0, 0.1) is 11.6 Å². The van der Waals surface area contributed by atoms with E-state index in [1.54, 1.807) is 0 Å². The van der Waals surface area contributed by atoms with Crippen molar-refractivity contribution in [3.05, 3.63) is 63.6 Å². The summed E-state index contributed by atoms with van der Waals surface area (Å²) in [6.07, 6.45) is 0. The summed E-state index contributed by atoms with van der Waals surface area (Å²) in [5.74, 6) is -1.84. The Morgan fingerprint density at radius 1 is 1.05 bits per heavy atom. The second-order valence-corrected chi connectivity index (χ2v) is 4.55. The Bertz CT molecular complexity index is 647. The number of hydrogen-bond donors (Lipinski definition) is 1. The van der Waals surface area contributed by atoms with Crippen molar-refractivity contribution in [3.8, 4) is 0 Å². The third-order valence-corrected chi connectivity index (χ3v) is 2.90. The lowest BCUT2D eigenvalue weighted by atomic mass is 10.2. The van der Waals surface area contributed by atoms with Crippen molar-refractivity contribution in [1.82, 2.24) is 0 Å². The third-order valence-electron chi connectivity index (χ3n) is 2.35. The summed E-state index contributed by atoms with van der Waals surface area (Å²) >= 11 is 11.4. The molecule has 98 valence electrons.